The number of hydrogen-bond acceptors (Lipinski definition) is 7. The van der Waals surface area contributed by atoms with Crippen LogP contribution in [0.2, 0.25) is 15.1 Å². The van der Waals surface area contributed by atoms with Crippen molar-refractivity contribution in [2.24, 2.45) is 5.10 Å². The van der Waals surface area contributed by atoms with Crippen molar-refractivity contribution in [2.45, 2.75) is 12.5 Å². The van der Waals surface area contributed by atoms with Gasteiger partial charge in [0.25, 0.3) is 0 Å². The molecule has 1 aromatic heterocycles. The lowest BCUT2D eigenvalue weighted by atomic mass is 10.1. The number of rotatable bonds is 7. The molecular formula is C26H20Cl3FN6O3. The van der Waals surface area contributed by atoms with Gasteiger partial charge < -0.3 is 20.1 Å². The number of hydrogen-bond donors (Lipinski definition) is 3. The summed E-state index contributed by atoms with van der Waals surface area (Å²) in [6.07, 6.45) is 3.28. The highest BCUT2D eigenvalue weighted by Crippen LogP contribution is 2.35. The van der Waals surface area contributed by atoms with E-state index in [1.165, 1.54) is 30.7 Å². The first-order chi connectivity index (χ1) is 18.9. The molecule has 4 aromatic rings. The van der Waals surface area contributed by atoms with Crippen molar-refractivity contribution in [1.29, 1.82) is 0 Å². The molecule has 0 radical (unpaired) electrons. The summed E-state index contributed by atoms with van der Waals surface area (Å²) in [5, 5.41) is 11.0. The van der Waals surface area contributed by atoms with E-state index in [-0.39, 0.29) is 11.1 Å². The topological polar surface area (TPSA) is 110 Å². The number of urea groups is 1. The lowest BCUT2D eigenvalue weighted by molar-refractivity contribution is 0.142. The number of carbonyl (C=O) groups is 1. The molecule has 13 heteroatoms. The Morgan fingerprint density at radius 2 is 2.00 bits per heavy atom. The van der Waals surface area contributed by atoms with Crippen molar-refractivity contribution in [3.05, 3.63) is 81.3 Å². The van der Waals surface area contributed by atoms with Gasteiger partial charge in [-0.25, -0.2) is 24.6 Å². The molecule has 5 rings (SSSR count). The minimum Gasteiger partial charge on any atom is -0.486 e. The molecule has 0 spiro atoms. The standard InChI is InChI=1S/C26H20Cl3FN6O3/c27-18-3-1-2-14(24(18)29)11-33-36-26(37)35-22-9-17-21(10-23(22)39-16-6-7-38-12-16)31-13-32-25(17)34-15-4-5-20(30)19(28)8-15/h1-5,8-11,13,16H,6-7,12H2,(H,31,32,34)(H2,35,36,37)/b33-11+. The Morgan fingerprint density at radius 1 is 1.13 bits per heavy atom. The summed E-state index contributed by atoms with van der Waals surface area (Å²) in [7, 11) is 0. The van der Waals surface area contributed by atoms with Crippen LogP contribution in [-0.4, -0.2) is 41.5 Å². The number of benzene rings is 3. The molecule has 1 fully saturated rings. The van der Waals surface area contributed by atoms with Gasteiger partial charge in [0.15, 0.2) is 0 Å². The fourth-order valence-electron chi connectivity index (χ4n) is 3.81. The van der Waals surface area contributed by atoms with Crippen LogP contribution in [0.5, 0.6) is 5.75 Å². The summed E-state index contributed by atoms with van der Waals surface area (Å²) in [5.74, 6) is 0.269. The van der Waals surface area contributed by atoms with Gasteiger partial charge in [-0.15, -0.1) is 0 Å². The first kappa shape index (κ1) is 26.9. The summed E-state index contributed by atoms with van der Waals surface area (Å²) < 4.78 is 25.2. The van der Waals surface area contributed by atoms with E-state index in [1.54, 1.807) is 30.3 Å². The third kappa shape index (κ3) is 6.48. The summed E-state index contributed by atoms with van der Waals surface area (Å²) in [6, 6.07) is 12.0. The Bertz CT molecular complexity index is 1570. The van der Waals surface area contributed by atoms with Crippen LogP contribution < -0.4 is 20.8 Å². The number of anilines is 3. The van der Waals surface area contributed by atoms with Gasteiger partial charge in [0.2, 0.25) is 0 Å². The van der Waals surface area contributed by atoms with E-state index in [1.807, 2.05) is 0 Å². The highest BCUT2D eigenvalue weighted by molar-refractivity contribution is 6.43. The summed E-state index contributed by atoms with van der Waals surface area (Å²) in [4.78, 5) is 21.4. The second-order valence-electron chi connectivity index (χ2n) is 8.41. The molecule has 1 aliphatic rings. The number of carbonyl (C=O) groups excluding carboxylic acids is 1. The van der Waals surface area contributed by atoms with Crippen molar-refractivity contribution in [2.75, 3.05) is 23.8 Å². The van der Waals surface area contributed by atoms with E-state index in [2.05, 4.69) is 31.1 Å². The first-order valence-electron chi connectivity index (χ1n) is 11.7. The molecular weight excluding hydrogens is 570 g/mol. The molecule has 39 heavy (non-hydrogen) atoms. The summed E-state index contributed by atoms with van der Waals surface area (Å²) in [6.45, 7) is 1.01. The van der Waals surface area contributed by atoms with Crippen molar-refractivity contribution < 1.29 is 18.7 Å². The molecule has 1 atom stereocenters. The molecule has 2 heterocycles. The lowest BCUT2D eigenvalue weighted by Crippen LogP contribution is -2.25. The molecule has 0 bridgehead atoms. The summed E-state index contributed by atoms with van der Waals surface area (Å²) >= 11 is 18.1. The van der Waals surface area contributed by atoms with Gasteiger partial charge in [0.05, 0.1) is 45.7 Å². The molecule has 3 aromatic carbocycles. The molecule has 3 N–H and O–H groups in total. The zero-order valence-corrected chi connectivity index (χ0v) is 22.3. The molecule has 0 aliphatic carbocycles. The number of halogens is 4. The van der Waals surface area contributed by atoms with Crippen LogP contribution in [-0.2, 0) is 4.74 Å². The molecule has 1 saturated heterocycles. The van der Waals surface area contributed by atoms with E-state index >= 15 is 0 Å². The van der Waals surface area contributed by atoms with Gasteiger partial charge in [0.1, 0.15) is 29.8 Å². The Hall–Kier alpha value is -3.70. The van der Waals surface area contributed by atoms with Crippen LogP contribution in [0.4, 0.5) is 26.4 Å². The van der Waals surface area contributed by atoms with Crippen LogP contribution in [0.1, 0.15) is 12.0 Å². The normalized spacial score (nSPS) is 15.0. The largest absolute Gasteiger partial charge is 0.486 e. The number of aromatic nitrogens is 2. The van der Waals surface area contributed by atoms with E-state index in [4.69, 9.17) is 44.3 Å². The Balaban J connectivity index is 1.42. The lowest BCUT2D eigenvalue weighted by Gasteiger charge is -2.18. The SMILES string of the molecule is O=C(N/N=C/c1cccc(Cl)c1Cl)Nc1cc2c(Nc3ccc(F)c(Cl)c3)ncnc2cc1OC1CCOC1. The van der Waals surface area contributed by atoms with Crippen LogP contribution in [0.3, 0.4) is 0 Å². The van der Waals surface area contributed by atoms with Gasteiger partial charge in [-0.05, 0) is 30.3 Å². The fraction of sp³-hybridized carbons (Fsp3) is 0.154. The smallest absolute Gasteiger partial charge is 0.339 e. The average molecular weight is 590 g/mol. The molecule has 1 aliphatic heterocycles. The first-order valence-corrected chi connectivity index (χ1v) is 12.8. The van der Waals surface area contributed by atoms with E-state index in [0.717, 1.165) is 0 Å². The van der Waals surface area contributed by atoms with Gasteiger partial charge in [-0.1, -0.05) is 46.9 Å². The van der Waals surface area contributed by atoms with Crippen molar-refractivity contribution >= 4 is 75.1 Å². The van der Waals surface area contributed by atoms with Crippen molar-refractivity contribution in [3.63, 3.8) is 0 Å². The molecule has 2 amide bonds. The quantitative estimate of drug-likeness (QED) is 0.162. The van der Waals surface area contributed by atoms with Crippen molar-refractivity contribution in [3.8, 4) is 5.75 Å². The second-order valence-corrected chi connectivity index (χ2v) is 9.60. The average Bonchev–Trinajstić information content (AvgIpc) is 3.42. The number of amides is 2. The maximum absolute atomic E-state index is 13.6. The number of nitrogens with zero attached hydrogens (tertiary/aromatic N) is 3. The molecule has 1 unspecified atom stereocenters. The Morgan fingerprint density at radius 3 is 2.79 bits per heavy atom. The highest BCUT2D eigenvalue weighted by Gasteiger charge is 2.21. The van der Waals surface area contributed by atoms with Crippen LogP contribution in [0, 0.1) is 5.82 Å². The fourth-order valence-corrected chi connectivity index (χ4v) is 4.34. The van der Waals surface area contributed by atoms with Crippen LogP contribution in [0.25, 0.3) is 10.9 Å². The third-order valence-corrected chi connectivity index (χ3v) is 6.82. The monoisotopic (exact) mass is 588 g/mol. The second kappa shape index (κ2) is 12.0. The van der Waals surface area contributed by atoms with Crippen LogP contribution >= 0.6 is 34.8 Å². The van der Waals surface area contributed by atoms with Gasteiger partial charge in [-0.3, -0.25) is 0 Å². The van der Waals surface area contributed by atoms with Gasteiger partial charge >= 0.3 is 6.03 Å². The highest BCUT2D eigenvalue weighted by atomic mass is 35.5. The number of hydrazone groups is 1. The van der Waals surface area contributed by atoms with Crippen molar-refractivity contribution in [1.82, 2.24) is 15.4 Å². The van der Waals surface area contributed by atoms with E-state index in [9.17, 15) is 9.18 Å². The number of fused-ring (bicyclic) bond motifs is 1. The number of ether oxygens (including phenoxy) is 2. The third-order valence-electron chi connectivity index (χ3n) is 5.70. The Labute approximate surface area is 237 Å². The van der Waals surface area contributed by atoms with E-state index in [0.29, 0.717) is 69.1 Å². The molecule has 200 valence electrons. The zero-order valence-electron chi connectivity index (χ0n) is 20.1. The summed E-state index contributed by atoms with van der Waals surface area (Å²) in [5.41, 5.74) is 4.35. The molecule has 9 nitrogen and oxygen atoms in total. The van der Waals surface area contributed by atoms with Gasteiger partial charge in [0, 0.05) is 29.1 Å². The van der Waals surface area contributed by atoms with E-state index < -0.39 is 11.8 Å². The maximum Gasteiger partial charge on any atom is 0.339 e. The van der Waals surface area contributed by atoms with Gasteiger partial charge in [-0.2, -0.15) is 5.10 Å². The minimum atomic E-state index is -0.632. The zero-order chi connectivity index (χ0) is 27.4. The maximum atomic E-state index is 13.6. The predicted octanol–water partition coefficient (Wildman–Crippen LogP) is 6.80. The minimum absolute atomic E-state index is 0.0357. The predicted molar refractivity (Wildman–Crippen MR) is 150 cm³/mol. The Kier molecular flexibility index (Phi) is 8.27. The number of nitrogens with one attached hydrogen (secondary N) is 3. The van der Waals surface area contributed by atoms with Crippen LogP contribution in [0.15, 0.2) is 60.0 Å². The molecule has 0 saturated carbocycles.